The zero-order valence-corrected chi connectivity index (χ0v) is 18.5. The molecule has 2 heterocycles. The standard InChI is InChI=1S/C20H16Cl2N4OS2/c1-13-19(29-20-23-12-24-26(13)20)18(11-28-16-8-6-15(21)7-9-16)25-27-10-14-4-2-3-5-17(14)22/h2-9,12H,10-11H2,1H3/b25-18-. The topological polar surface area (TPSA) is 51.8 Å². The summed E-state index contributed by atoms with van der Waals surface area (Å²) in [6.45, 7) is 2.30. The van der Waals surface area contributed by atoms with Gasteiger partial charge in [0.2, 0.25) is 4.96 Å². The molecule has 0 aliphatic rings. The summed E-state index contributed by atoms with van der Waals surface area (Å²) in [6, 6.07) is 15.3. The van der Waals surface area contributed by atoms with Gasteiger partial charge in [-0.05, 0) is 37.3 Å². The summed E-state index contributed by atoms with van der Waals surface area (Å²) in [4.78, 5) is 12.9. The van der Waals surface area contributed by atoms with Gasteiger partial charge < -0.3 is 4.84 Å². The number of hydrogen-bond donors (Lipinski definition) is 0. The van der Waals surface area contributed by atoms with E-state index in [0.29, 0.717) is 22.4 Å². The van der Waals surface area contributed by atoms with Gasteiger partial charge in [-0.3, -0.25) is 0 Å². The lowest BCUT2D eigenvalue weighted by atomic mass is 10.2. The minimum Gasteiger partial charge on any atom is -0.391 e. The molecule has 0 aliphatic heterocycles. The molecule has 0 aliphatic carbocycles. The molecule has 0 saturated carbocycles. The quantitative estimate of drug-likeness (QED) is 0.188. The van der Waals surface area contributed by atoms with Crippen LogP contribution in [0, 0.1) is 6.92 Å². The van der Waals surface area contributed by atoms with Crippen molar-refractivity contribution in [2.75, 3.05) is 5.75 Å². The third-order valence-electron chi connectivity index (χ3n) is 4.16. The van der Waals surface area contributed by atoms with Crippen LogP contribution < -0.4 is 0 Å². The van der Waals surface area contributed by atoms with Crippen LogP contribution in [0.15, 0.2) is 64.9 Å². The van der Waals surface area contributed by atoms with Gasteiger partial charge >= 0.3 is 0 Å². The summed E-state index contributed by atoms with van der Waals surface area (Å²) in [6.07, 6.45) is 1.55. The number of hydrogen-bond acceptors (Lipinski definition) is 6. The van der Waals surface area contributed by atoms with Crippen LogP contribution in [0.25, 0.3) is 4.96 Å². The van der Waals surface area contributed by atoms with Crippen LogP contribution in [0.3, 0.4) is 0 Å². The lowest BCUT2D eigenvalue weighted by molar-refractivity contribution is 0.130. The van der Waals surface area contributed by atoms with Crippen molar-refractivity contribution in [1.82, 2.24) is 14.6 Å². The lowest BCUT2D eigenvalue weighted by Crippen LogP contribution is -2.07. The van der Waals surface area contributed by atoms with Gasteiger partial charge in [-0.25, -0.2) is 9.50 Å². The Morgan fingerprint density at radius 3 is 2.72 bits per heavy atom. The molecule has 29 heavy (non-hydrogen) atoms. The molecule has 0 fully saturated rings. The first-order valence-electron chi connectivity index (χ1n) is 8.72. The molecule has 9 heteroatoms. The average Bonchev–Trinajstić information content (AvgIpc) is 3.30. The van der Waals surface area contributed by atoms with Crippen molar-refractivity contribution in [1.29, 1.82) is 0 Å². The number of fused-ring (bicyclic) bond motifs is 1. The number of thiazole rings is 1. The highest BCUT2D eigenvalue weighted by atomic mass is 35.5. The van der Waals surface area contributed by atoms with Gasteiger partial charge in [0.15, 0.2) is 0 Å². The molecule has 5 nitrogen and oxygen atoms in total. The molecule has 0 N–H and O–H groups in total. The Bertz CT molecular complexity index is 1150. The first-order chi connectivity index (χ1) is 14.1. The molecule has 0 saturated heterocycles. The highest BCUT2D eigenvalue weighted by Gasteiger charge is 2.17. The van der Waals surface area contributed by atoms with Crippen molar-refractivity contribution >= 4 is 57.0 Å². The zero-order valence-electron chi connectivity index (χ0n) is 15.4. The maximum atomic E-state index is 6.21. The molecule has 0 bridgehead atoms. The average molecular weight is 463 g/mol. The van der Waals surface area contributed by atoms with Crippen LogP contribution in [0.2, 0.25) is 10.0 Å². The molecule has 4 rings (SSSR count). The smallest absolute Gasteiger partial charge is 0.212 e. The lowest BCUT2D eigenvalue weighted by Gasteiger charge is -2.07. The summed E-state index contributed by atoms with van der Waals surface area (Å²) in [5.74, 6) is 0.634. The van der Waals surface area contributed by atoms with E-state index in [4.69, 9.17) is 28.0 Å². The maximum absolute atomic E-state index is 6.21. The van der Waals surface area contributed by atoms with Crippen molar-refractivity contribution in [3.63, 3.8) is 0 Å². The fourth-order valence-corrected chi connectivity index (χ4v) is 4.92. The summed E-state index contributed by atoms with van der Waals surface area (Å²) < 4.78 is 1.82. The monoisotopic (exact) mass is 462 g/mol. The largest absolute Gasteiger partial charge is 0.391 e. The highest BCUT2D eigenvalue weighted by Crippen LogP contribution is 2.27. The van der Waals surface area contributed by atoms with Crippen molar-refractivity contribution in [3.05, 3.63) is 81.0 Å². The number of oxime groups is 1. The van der Waals surface area contributed by atoms with E-state index in [9.17, 15) is 0 Å². The molecule has 2 aromatic carbocycles. The highest BCUT2D eigenvalue weighted by molar-refractivity contribution is 8.00. The number of nitrogens with zero attached hydrogens (tertiary/aromatic N) is 4. The third kappa shape index (κ3) is 4.75. The van der Waals surface area contributed by atoms with Crippen molar-refractivity contribution < 1.29 is 4.84 Å². The van der Waals surface area contributed by atoms with E-state index in [-0.39, 0.29) is 0 Å². The minimum atomic E-state index is 0.300. The molecule has 0 atom stereocenters. The fraction of sp³-hybridized carbons (Fsp3) is 0.150. The molecular formula is C20H16Cl2N4OS2. The summed E-state index contributed by atoms with van der Waals surface area (Å²) in [7, 11) is 0. The van der Waals surface area contributed by atoms with Gasteiger partial charge in [-0.1, -0.05) is 57.9 Å². The Morgan fingerprint density at radius 2 is 1.97 bits per heavy atom. The third-order valence-corrected chi connectivity index (χ3v) is 7.00. The summed E-state index contributed by atoms with van der Waals surface area (Å²) in [5, 5.41) is 10.1. The Kier molecular flexibility index (Phi) is 6.40. The zero-order chi connectivity index (χ0) is 20.2. The van der Waals surface area contributed by atoms with Crippen LogP contribution in [0.4, 0.5) is 0 Å². The Hall–Kier alpha value is -2.06. The predicted octanol–water partition coefficient (Wildman–Crippen LogP) is 6.12. The van der Waals surface area contributed by atoms with Crippen LogP contribution in [0.5, 0.6) is 0 Å². The van der Waals surface area contributed by atoms with Crippen LogP contribution in [-0.4, -0.2) is 26.1 Å². The Balaban J connectivity index is 1.57. The van der Waals surface area contributed by atoms with Gasteiger partial charge in [-0.2, -0.15) is 5.10 Å². The van der Waals surface area contributed by atoms with Gasteiger partial charge in [0.05, 0.1) is 10.6 Å². The maximum Gasteiger partial charge on any atom is 0.212 e. The number of thioether (sulfide) groups is 1. The molecule has 148 valence electrons. The van der Waals surface area contributed by atoms with E-state index >= 15 is 0 Å². The minimum absolute atomic E-state index is 0.300. The number of aryl methyl sites for hydroxylation is 1. The van der Waals surface area contributed by atoms with Crippen LogP contribution in [-0.2, 0) is 11.4 Å². The summed E-state index contributed by atoms with van der Waals surface area (Å²) in [5.41, 5.74) is 2.70. The molecule has 0 unspecified atom stereocenters. The first-order valence-corrected chi connectivity index (χ1v) is 11.3. The van der Waals surface area contributed by atoms with Gasteiger partial charge in [-0.15, -0.1) is 11.8 Å². The normalized spacial score (nSPS) is 11.9. The SMILES string of the molecule is Cc1c(/C(CSc2ccc(Cl)cc2)=N\OCc2ccccc2Cl)sc2ncnn12. The molecule has 0 amide bonds. The number of halogens is 2. The second kappa shape index (κ2) is 9.17. The van der Waals surface area contributed by atoms with Crippen LogP contribution >= 0.6 is 46.3 Å². The van der Waals surface area contributed by atoms with Gasteiger partial charge in [0.25, 0.3) is 0 Å². The van der Waals surface area contributed by atoms with E-state index in [0.717, 1.165) is 31.7 Å². The van der Waals surface area contributed by atoms with E-state index in [1.165, 1.54) is 0 Å². The van der Waals surface area contributed by atoms with E-state index in [1.807, 2.05) is 60.0 Å². The van der Waals surface area contributed by atoms with Crippen molar-refractivity contribution in [2.24, 2.45) is 5.16 Å². The molecule has 4 aromatic rings. The van der Waals surface area contributed by atoms with Gasteiger partial charge in [0, 0.05) is 26.3 Å². The summed E-state index contributed by atoms with van der Waals surface area (Å²) >= 11 is 15.4. The van der Waals surface area contributed by atoms with Crippen molar-refractivity contribution in [2.45, 2.75) is 18.4 Å². The van der Waals surface area contributed by atoms with E-state index < -0.39 is 0 Å². The fourth-order valence-electron chi connectivity index (χ4n) is 2.67. The first kappa shape index (κ1) is 20.2. The molecule has 0 radical (unpaired) electrons. The van der Waals surface area contributed by atoms with Crippen molar-refractivity contribution in [3.8, 4) is 0 Å². The number of benzene rings is 2. The Morgan fingerprint density at radius 1 is 1.17 bits per heavy atom. The second-order valence-electron chi connectivity index (χ2n) is 6.12. The Labute approximate surface area is 186 Å². The molecular weight excluding hydrogens is 447 g/mol. The van der Waals surface area contributed by atoms with E-state index in [1.54, 1.807) is 29.4 Å². The predicted molar refractivity (Wildman–Crippen MR) is 121 cm³/mol. The second-order valence-corrected chi connectivity index (χ2v) is 8.99. The number of aromatic nitrogens is 3. The van der Waals surface area contributed by atoms with E-state index in [2.05, 4.69) is 15.2 Å². The van der Waals surface area contributed by atoms with Gasteiger partial charge in [0.1, 0.15) is 18.6 Å². The molecule has 0 spiro atoms. The molecule has 2 aromatic heterocycles. The van der Waals surface area contributed by atoms with Crippen LogP contribution in [0.1, 0.15) is 16.1 Å². The number of rotatable bonds is 7.